The Bertz CT molecular complexity index is 1130. The largest absolute Gasteiger partial charge is 0.467 e. The monoisotopic (exact) mass is 497 g/mol. The minimum atomic E-state index is -4.64. The van der Waals surface area contributed by atoms with Crippen LogP contribution in [-0.2, 0) is 12.7 Å². The van der Waals surface area contributed by atoms with Gasteiger partial charge in [-0.2, -0.15) is 13.2 Å². The molecule has 0 amide bonds. The summed E-state index contributed by atoms with van der Waals surface area (Å²) in [5.41, 5.74) is 6.00. The van der Waals surface area contributed by atoms with E-state index >= 15 is 0 Å². The van der Waals surface area contributed by atoms with Crippen LogP contribution in [0.25, 0.3) is 11.3 Å². The molecule has 0 bridgehead atoms. The van der Waals surface area contributed by atoms with Crippen LogP contribution in [0.15, 0.2) is 35.7 Å². The summed E-state index contributed by atoms with van der Waals surface area (Å²) in [4.78, 5) is 15.3. The van der Waals surface area contributed by atoms with E-state index in [9.17, 15) is 13.2 Å². The lowest BCUT2D eigenvalue weighted by Crippen LogP contribution is -2.09. The van der Waals surface area contributed by atoms with Crippen LogP contribution in [-0.4, -0.2) is 39.7 Å². The van der Waals surface area contributed by atoms with Crippen molar-refractivity contribution >= 4 is 35.4 Å². The molecule has 3 aromatic heterocycles. The third-order valence-corrected chi connectivity index (χ3v) is 4.75. The summed E-state index contributed by atoms with van der Waals surface area (Å²) in [6.07, 6.45) is 3.18. The summed E-state index contributed by atoms with van der Waals surface area (Å²) in [5, 5.41) is 3.18. The van der Waals surface area contributed by atoms with Crippen molar-refractivity contribution in [3.05, 3.63) is 52.7 Å². The van der Waals surface area contributed by atoms with Crippen LogP contribution in [0.1, 0.15) is 43.6 Å². The Hall–Kier alpha value is -3.18. The molecule has 0 atom stereocenters. The molecule has 0 unspecified atom stereocenters. The van der Waals surface area contributed by atoms with Crippen LogP contribution < -0.4 is 15.8 Å². The van der Waals surface area contributed by atoms with E-state index in [1.165, 1.54) is 16.7 Å². The summed E-state index contributed by atoms with van der Waals surface area (Å²) in [6.45, 7) is 8.33. The molecule has 0 aliphatic carbocycles. The van der Waals surface area contributed by atoms with E-state index in [-0.39, 0.29) is 28.6 Å². The van der Waals surface area contributed by atoms with Crippen molar-refractivity contribution < 1.29 is 17.9 Å². The zero-order valence-electron chi connectivity index (χ0n) is 19.2. The number of imidazole rings is 1. The molecule has 0 fully saturated rings. The van der Waals surface area contributed by atoms with Crippen molar-refractivity contribution in [2.75, 3.05) is 19.0 Å². The second kappa shape index (κ2) is 12.3. The fourth-order valence-electron chi connectivity index (χ4n) is 2.95. The number of anilines is 1. The molecule has 184 valence electrons. The average Bonchev–Trinajstić information content (AvgIpc) is 3.21. The van der Waals surface area contributed by atoms with Gasteiger partial charge in [-0.05, 0) is 31.7 Å². The number of alkyl halides is 3. The molecule has 0 spiro atoms. The summed E-state index contributed by atoms with van der Waals surface area (Å²) in [6, 6.07) is 1.90. The van der Waals surface area contributed by atoms with E-state index < -0.39 is 11.9 Å². The molecule has 34 heavy (non-hydrogen) atoms. The lowest BCUT2D eigenvalue weighted by Gasteiger charge is -2.09. The molecule has 3 N–H and O–H groups in total. The fraction of sp³-hybridized carbons (Fsp3) is 0.364. The van der Waals surface area contributed by atoms with Gasteiger partial charge in [-0.15, -0.1) is 0 Å². The molecule has 0 aliphatic rings. The quantitative estimate of drug-likeness (QED) is 0.413. The Kier molecular flexibility index (Phi) is 9.82. The van der Waals surface area contributed by atoms with E-state index in [0.29, 0.717) is 18.0 Å². The van der Waals surface area contributed by atoms with Gasteiger partial charge in [0.1, 0.15) is 5.69 Å². The number of pyridine rings is 1. The standard InChI is InChI=1S/C15H16ClF3N4.C7H11N3O/c1-3-4-5-11(21-2)12-13(15(17,18)19)22-14-10(16)6-9(7-20)8-23(12)14;1-3-8-6-4-9-7(11-2)10-5-6/h5-6,8H,2-4,7,20H2,1H3;4-5,8H,3H2,1-2H3/b11-5-;. The topological polar surface area (TPSA) is 103 Å². The summed E-state index contributed by atoms with van der Waals surface area (Å²) < 4.78 is 46.2. The molecule has 0 radical (unpaired) electrons. The molecular weight excluding hydrogens is 471 g/mol. The first-order valence-electron chi connectivity index (χ1n) is 10.4. The number of ether oxygens (including phenoxy) is 1. The maximum Gasteiger partial charge on any atom is 0.435 e. The number of rotatable bonds is 8. The molecule has 0 saturated heterocycles. The molecule has 3 aromatic rings. The molecule has 3 rings (SSSR count). The van der Waals surface area contributed by atoms with Crippen LogP contribution in [0.3, 0.4) is 0 Å². The second-order valence-electron chi connectivity index (χ2n) is 6.93. The van der Waals surface area contributed by atoms with Crippen molar-refractivity contribution in [3.63, 3.8) is 0 Å². The number of hydrogen-bond acceptors (Lipinski definition) is 7. The molecular formula is C22H27ClF3N7O. The lowest BCUT2D eigenvalue weighted by atomic mass is 10.2. The predicted molar refractivity (Wildman–Crippen MR) is 128 cm³/mol. The molecule has 0 aromatic carbocycles. The number of unbranched alkanes of at least 4 members (excludes halogenated alkanes) is 1. The van der Waals surface area contributed by atoms with Gasteiger partial charge in [0.25, 0.3) is 0 Å². The van der Waals surface area contributed by atoms with Crippen LogP contribution >= 0.6 is 11.6 Å². The summed E-state index contributed by atoms with van der Waals surface area (Å²) in [5.74, 6) is 0. The van der Waals surface area contributed by atoms with Gasteiger partial charge >= 0.3 is 12.2 Å². The van der Waals surface area contributed by atoms with Crippen molar-refractivity contribution in [3.8, 4) is 6.01 Å². The Morgan fingerprint density at radius 1 is 1.32 bits per heavy atom. The Morgan fingerprint density at radius 3 is 2.50 bits per heavy atom. The minimum absolute atomic E-state index is 0.0113. The van der Waals surface area contributed by atoms with E-state index in [2.05, 4.69) is 32.0 Å². The number of methoxy groups -OCH3 is 1. The highest BCUT2D eigenvalue weighted by molar-refractivity contribution is 6.33. The number of nitrogens with zero attached hydrogens (tertiary/aromatic N) is 5. The highest BCUT2D eigenvalue weighted by Crippen LogP contribution is 2.37. The zero-order valence-corrected chi connectivity index (χ0v) is 19.9. The number of fused-ring (bicyclic) bond motifs is 1. The average molecular weight is 498 g/mol. The summed E-state index contributed by atoms with van der Waals surface area (Å²) >= 11 is 6.06. The zero-order chi connectivity index (χ0) is 25.3. The molecule has 3 heterocycles. The van der Waals surface area contributed by atoms with Gasteiger partial charge in [-0.3, -0.25) is 9.39 Å². The smallest absolute Gasteiger partial charge is 0.435 e. The number of hydrogen-bond donors (Lipinski definition) is 2. The van der Waals surface area contributed by atoms with Gasteiger partial charge in [0.15, 0.2) is 11.3 Å². The Morgan fingerprint density at radius 2 is 2.00 bits per heavy atom. The highest BCUT2D eigenvalue weighted by atomic mass is 35.5. The van der Waals surface area contributed by atoms with Gasteiger partial charge < -0.3 is 15.8 Å². The number of nitrogens with two attached hydrogens (primary N) is 1. The second-order valence-corrected chi connectivity index (χ2v) is 7.33. The number of allylic oxidation sites excluding steroid dienone is 1. The first-order chi connectivity index (χ1) is 16.2. The molecule has 8 nitrogen and oxygen atoms in total. The maximum absolute atomic E-state index is 13.4. The van der Waals surface area contributed by atoms with E-state index in [1.54, 1.807) is 25.6 Å². The molecule has 12 heteroatoms. The van der Waals surface area contributed by atoms with Gasteiger partial charge in [0, 0.05) is 19.3 Å². The van der Waals surface area contributed by atoms with E-state index in [0.717, 1.165) is 18.7 Å². The van der Waals surface area contributed by atoms with Gasteiger partial charge in [-0.1, -0.05) is 31.0 Å². The number of aliphatic imine (C=N–C) groups is 1. The highest BCUT2D eigenvalue weighted by Gasteiger charge is 2.39. The van der Waals surface area contributed by atoms with Gasteiger partial charge in [0.2, 0.25) is 0 Å². The van der Waals surface area contributed by atoms with Crippen molar-refractivity contribution in [1.82, 2.24) is 19.4 Å². The number of halogens is 4. The molecule has 0 aliphatic heterocycles. The van der Waals surface area contributed by atoms with Crippen LogP contribution in [0.4, 0.5) is 18.9 Å². The normalized spacial score (nSPS) is 11.7. The SMILES string of the molecule is C=N/C(=C\CCC)c1c(C(F)(F)F)nc2c(Cl)cc(CN)cn12.CCNc1cnc(OC)nc1. The van der Waals surface area contributed by atoms with Gasteiger partial charge in [0.05, 0.1) is 35.9 Å². The van der Waals surface area contributed by atoms with Crippen LogP contribution in [0.2, 0.25) is 5.02 Å². The van der Waals surface area contributed by atoms with Crippen molar-refractivity contribution in [2.24, 2.45) is 10.7 Å². The number of nitrogens with one attached hydrogen (secondary N) is 1. The third-order valence-electron chi connectivity index (χ3n) is 4.47. The minimum Gasteiger partial charge on any atom is -0.467 e. The Labute approximate surface area is 200 Å². The first kappa shape index (κ1) is 27.1. The van der Waals surface area contributed by atoms with Crippen LogP contribution in [0.5, 0.6) is 6.01 Å². The molecule has 0 saturated carbocycles. The van der Waals surface area contributed by atoms with Crippen molar-refractivity contribution in [2.45, 2.75) is 39.4 Å². The maximum atomic E-state index is 13.4. The summed E-state index contributed by atoms with van der Waals surface area (Å²) in [7, 11) is 1.54. The Balaban J connectivity index is 0.000000310. The third kappa shape index (κ3) is 6.67. The van der Waals surface area contributed by atoms with E-state index in [4.69, 9.17) is 22.1 Å². The fourth-order valence-corrected chi connectivity index (χ4v) is 3.22. The van der Waals surface area contributed by atoms with E-state index in [1.807, 2.05) is 13.8 Å². The lowest BCUT2D eigenvalue weighted by molar-refractivity contribution is -0.141. The number of aromatic nitrogens is 4. The predicted octanol–water partition coefficient (Wildman–Crippen LogP) is 5.22. The van der Waals surface area contributed by atoms with Crippen LogP contribution in [0, 0.1) is 0 Å². The van der Waals surface area contributed by atoms with Gasteiger partial charge in [-0.25, -0.2) is 15.0 Å². The van der Waals surface area contributed by atoms with Crippen molar-refractivity contribution in [1.29, 1.82) is 0 Å². The first-order valence-corrected chi connectivity index (χ1v) is 10.8.